The normalized spacial score (nSPS) is 29.3. The summed E-state index contributed by atoms with van der Waals surface area (Å²) in [5.41, 5.74) is -0.507. The SMILES string of the molecule is COC(=O)[C@]1(C)C[C@H](C(=O)O)[C@@H](c2cccc(F)c2)N1C. The highest BCUT2D eigenvalue weighted by Gasteiger charge is 2.55. The van der Waals surface area contributed by atoms with Crippen molar-refractivity contribution in [3.8, 4) is 0 Å². The first-order chi connectivity index (χ1) is 9.81. The summed E-state index contributed by atoms with van der Waals surface area (Å²) in [6.45, 7) is 1.65. The molecule has 2 rings (SSSR count). The molecule has 1 aliphatic rings. The van der Waals surface area contributed by atoms with E-state index in [0.717, 1.165) is 0 Å². The third-order valence-corrected chi connectivity index (χ3v) is 4.33. The van der Waals surface area contributed by atoms with Crippen LogP contribution in [-0.4, -0.2) is 41.6 Å². The minimum Gasteiger partial charge on any atom is -0.481 e. The van der Waals surface area contributed by atoms with Crippen molar-refractivity contribution in [3.05, 3.63) is 35.6 Å². The van der Waals surface area contributed by atoms with Gasteiger partial charge in [-0.1, -0.05) is 12.1 Å². The molecule has 114 valence electrons. The van der Waals surface area contributed by atoms with Crippen molar-refractivity contribution < 1.29 is 23.8 Å². The standard InChI is InChI=1S/C15H18FNO4/c1-15(14(20)21-3)8-11(13(18)19)12(17(15)2)9-5-4-6-10(16)7-9/h4-7,11-12H,8H2,1-3H3,(H,18,19)/t11-,12+,15-/m0/s1. The minimum atomic E-state index is -1.05. The second-order valence-corrected chi connectivity index (χ2v) is 5.53. The van der Waals surface area contributed by atoms with Crippen molar-refractivity contribution in [2.24, 2.45) is 5.92 Å². The van der Waals surface area contributed by atoms with Crippen molar-refractivity contribution in [2.75, 3.05) is 14.2 Å². The Bertz CT molecular complexity index is 577. The zero-order valence-corrected chi connectivity index (χ0v) is 12.2. The molecule has 0 bridgehead atoms. The lowest BCUT2D eigenvalue weighted by Gasteiger charge is -2.32. The molecule has 0 saturated carbocycles. The molecule has 1 aromatic rings. The average Bonchev–Trinajstić information content (AvgIpc) is 2.72. The van der Waals surface area contributed by atoms with Gasteiger partial charge >= 0.3 is 11.9 Å². The Kier molecular flexibility index (Phi) is 4.00. The number of benzene rings is 1. The first-order valence-corrected chi connectivity index (χ1v) is 6.61. The number of esters is 1. The van der Waals surface area contributed by atoms with E-state index in [-0.39, 0.29) is 6.42 Å². The number of hydrogen-bond acceptors (Lipinski definition) is 4. The summed E-state index contributed by atoms with van der Waals surface area (Å²) >= 11 is 0. The molecule has 0 unspecified atom stereocenters. The van der Waals surface area contributed by atoms with Gasteiger partial charge in [0.05, 0.1) is 13.0 Å². The quantitative estimate of drug-likeness (QED) is 0.862. The molecule has 21 heavy (non-hydrogen) atoms. The van der Waals surface area contributed by atoms with Crippen molar-refractivity contribution in [1.82, 2.24) is 4.90 Å². The van der Waals surface area contributed by atoms with E-state index in [1.54, 1.807) is 24.9 Å². The van der Waals surface area contributed by atoms with Crippen LogP contribution in [0, 0.1) is 11.7 Å². The number of nitrogens with zero attached hydrogens (tertiary/aromatic N) is 1. The number of likely N-dealkylation sites (tertiary alicyclic amines) is 1. The summed E-state index contributed by atoms with van der Waals surface area (Å²) in [6, 6.07) is 5.23. The van der Waals surface area contributed by atoms with Crippen LogP contribution < -0.4 is 0 Å². The Morgan fingerprint density at radius 3 is 2.67 bits per heavy atom. The van der Waals surface area contributed by atoms with Crippen LogP contribution in [0.15, 0.2) is 24.3 Å². The van der Waals surface area contributed by atoms with Crippen molar-refractivity contribution >= 4 is 11.9 Å². The van der Waals surface area contributed by atoms with Gasteiger partial charge in [-0.05, 0) is 38.1 Å². The maximum Gasteiger partial charge on any atom is 0.326 e. The van der Waals surface area contributed by atoms with E-state index in [4.69, 9.17) is 4.74 Å². The number of likely N-dealkylation sites (N-methyl/N-ethyl adjacent to an activating group) is 1. The maximum absolute atomic E-state index is 13.4. The monoisotopic (exact) mass is 295 g/mol. The summed E-state index contributed by atoms with van der Waals surface area (Å²) in [5.74, 6) is -2.74. The van der Waals surface area contributed by atoms with Gasteiger partial charge in [-0.2, -0.15) is 0 Å². The zero-order chi connectivity index (χ0) is 15.8. The van der Waals surface area contributed by atoms with Gasteiger partial charge < -0.3 is 9.84 Å². The number of carboxylic acid groups (broad SMARTS) is 1. The van der Waals surface area contributed by atoms with Gasteiger partial charge in [0.1, 0.15) is 11.4 Å². The number of carbonyl (C=O) groups is 2. The average molecular weight is 295 g/mol. The topological polar surface area (TPSA) is 66.8 Å². The van der Waals surface area contributed by atoms with Crippen LogP contribution in [0.1, 0.15) is 24.9 Å². The molecule has 0 aliphatic carbocycles. The van der Waals surface area contributed by atoms with Gasteiger partial charge in [-0.15, -0.1) is 0 Å². The van der Waals surface area contributed by atoms with Gasteiger partial charge in [0, 0.05) is 6.04 Å². The summed E-state index contributed by atoms with van der Waals surface area (Å²) in [4.78, 5) is 25.2. The van der Waals surface area contributed by atoms with E-state index < -0.39 is 35.3 Å². The first-order valence-electron chi connectivity index (χ1n) is 6.61. The molecule has 6 heteroatoms. The molecule has 1 fully saturated rings. The van der Waals surface area contributed by atoms with Gasteiger partial charge in [-0.25, -0.2) is 4.39 Å². The molecule has 1 heterocycles. The van der Waals surface area contributed by atoms with Gasteiger partial charge in [0.2, 0.25) is 0 Å². The van der Waals surface area contributed by atoms with Gasteiger partial charge in [-0.3, -0.25) is 14.5 Å². The van der Waals surface area contributed by atoms with E-state index in [2.05, 4.69) is 0 Å². The van der Waals surface area contributed by atoms with E-state index in [0.29, 0.717) is 5.56 Å². The molecule has 1 saturated heterocycles. The second kappa shape index (κ2) is 5.44. The summed E-state index contributed by atoms with van der Waals surface area (Å²) in [5, 5.41) is 9.45. The predicted molar refractivity (Wildman–Crippen MR) is 73.1 cm³/mol. The number of carbonyl (C=O) groups excluding carboxylic acids is 1. The van der Waals surface area contributed by atoms with Crippen molar-refractivity contribution in [3.63, 3.8) is 0 Å². The number of carboxylic acids is 1. The summed E-state index contributed by atoms with van der Waals surface area (Å²) < 4.78 is 18.2. The Morgan fingerprint density at radius 2 is 2.14 bits per heavy atom. The largest absolute Gasteiger partial charge is 0.481 e. The minimum absolute atomic E-state index is 0.118. The molecule has 5 nitrogen and oxygen atoms in total. The van der Waals surface area contributed by atoms with Crippen LogP contribution in [0.2, 0.25) is 0 Å². The van der Waals surface area contributed by atoms with E-state index >= 15 is 0 Å². The third kappa shape index (κ3) is 2.51. The highest BCUT2D eigenvalue weighted by molar-refractivity contribution is 5.83. The molecule has 3 atom stereocenters. The van der Waals surface area contributed by atoms with Crippen molar-refractivity contribution in [2.45, 2.75) is 24.9 Å². The Labute approximate surface area is 122 Å². The van der Waals surface area contributed by atoms with Crippen LogP contribution in [0.4, 0.5) is 4.39 Å². The van der Waals surface area contributed by atoms with Gasteiger partial charge in [0.15, 0.2) is 0 Å². The zero-order valence-electron chi connectivity index (χ0n) is 12.2. The Balaban J connectivity index is 2.47. The first kappa shape index (κ1) is 15.4. The molecule has 1 N–H and O–H groups in total. The number of ether oxygens (including phenoxy) is 1. The fraction of sp³-hybridized carbons (Fsp3) is 0.467. The number of hydrogen-bond donors (Lipinski definition) is 1. The molecule has 0 aromatic heterocycles. The lowest BCUT2D eigenvalue weighted by molar-refractivity contribution is -0.152. The van der Waals surface area contributed by atoms with Crippen LogP contribution >= 0.6 is 0 Å². The summed E-state index contributed by atoms with van der Waals surface area (Å²) in [7, 11) is 2.93. The highest BCUT2D eigenvalue weighted by Crippen LogP contribution is 2.46. The molecule has 0 spiro atoms. The van der Waals surface area contributed by atoms with E-state index in [1.165, 1.54) is 25.3 Å². The van der Waals surface area contributed by atoms with Crippen LogP contribution in [0.3, 0.4) is 0 Å². The van der Waals surface area contributed by atoms with Gasteiger partial charge in [0.25, 0.3) is 0 Å². The predicted octanol–water partition coefficient (Wildman–Crippen LogP) is 1.83. The van der Waals surface area contributed by atoms with Crippen molar-refractivity contribution in [1.29, 1.82) is 0 Å². The number of halogens is 1. The van der Waals surface area contributed by atoms with Crippen LogP contribution in [0.5, 0.6) is 0 Å². The highest BCUT2D eigenvalue weighted by atomic mass is 19.1. The third-order valence-electron chi connectivity index (χ3n) is 4.33. The lowest BCUT2D eigenvalue weighted by atomic mass is 9.90. The molecule has 1 aliphatic heterocycles. The fourth-order valence-corrected chi connectivity index (χ4v) is 3.08. The lowest BCUT2D eigenvalue weighted by Crippen LogP contribution is -2.47. The number of rotatable bonds is 3. The molecular weight excluding hydrogens is 277 g/mol. The Morgan fingerprint density at radius 1 is 1.48 bits per heavy atom. The van der Waals surface area contributed by atoms with E-state index in [9.17, 15) is 19.1 Å². The van der Waals surface area contributed by atoms with E-state index in [1.807, 2.05) is 0 Å². The Hall–Kier alpha value is -1.95. The molecular formula is C15H18FNO4. The molecule has 0 amide bonds. The van der Waals surface area contributed by atoms with Crippen LogP contribution in [0.25, 0.3) is 0 Å². The molecule has 1 aromatic carbocycles. The summed E-state index contributed by atoms with van der Waals surface area (Å²) in [6.07, 6.45) is 0.118. The fourth-order valence-electron chi connectivity index (χ4n) is 3.08. The van der Waals surface area contributed by atoms with Crippen LogP contribution in [-0.2, 0) is 14.3 Å². The molecule has 0 radical (unpaired) electrons. The number of aliphatic carboxylic acids is 1. The number of methoxy groups -OCH3 is 1. The second-order valence-electron chi connectivity index (χ2n) is 5.53. The maximum atomic E-state index is 13.4. The smallest absolute Gasteiger partial charge is 0.326 e.